The van der Waals surface area contributed by atoms with Gasteiger partial charge in [-0.2, -0.15) is 0 Å². The fourth-order valence-corrected chi connectivity index (χ4v) is 0.752. The molecule has 1 N–H and O–H groups in total. The van der Waals surface area contributed by atoms with E-state index in [-0.39, 0.29) is 13.2 Å². The Morgan fingerprint density at radius 3 is 3.18 bits per heavy atom. The number of aliphatic imine (C=N–C) groups is 1. The quantitative estimate of drug-likeness (QED) is 0.603. The molecule has 0 saturated heterocycles. The van der Waals surface area contributed by atoms with Crippen LogP contribution in [0.1, 0.15) is 0 Å². The van der Waals surface area contributed by atoms with Crippen LogP contribution in [0, 0.1) is 0 Å². The van der Waals surface area contributed by atoms with Gasteiger partial charge >= 0.3 is 5.97 Å². The van der Waals surface area contributed by atoms with Crippen molar-refractivity contribution in [2.75, 3.05) is 20.3 Å². The highest BCUT2D eigenvalue weighted by Gasteiger charge is 2.24. The summed E-state index contributed by atoms with van der Waals surface area (Å²) in [5, 5.41) is 8.47. The number of methoxy groups -OCH3 is 1. The Bertz CT molecular complexity index is 189. The van der Waals surface area contributed by atoms with Gasteiger partial charge in [0.05, 0.1) is 0 Å². The molecule has 0 radical (unpaired) electrons. The molecule has 0 bridgehead atoms. The largest absolute Gasteiger partial charge is 0.480 e. The Balaban J connectivity index is 2.47. The summed E-state index contributed by atoms with van der Waals surface area (Å²) in [6, 6.07) is -0.750. The van der Waals surface area contributed by atoms with E-state index in [1.165, 1.54) is 7.11 Å². The molecule has 1 heterocycles. The van der Waals surface area contributed by atoms with Gasteiger partial charge in [-0.25, -0.2) is 9.79 Å². The van der Waals surface area contributed by atoms with Crippen molar-refractivity contribution in [3.8, 4) is 0 Å². The number of carbonyl (C=O) groups is 1. The van der Waals surface area contributed by atoms with Crippen LogP contribution in [-0.4, -0.2) is 43.3 Å². The summed E-state index contributed by atoms with van der Waals surface area (Å²) in [5.74, 6) is -0.601. The zero-order chi connectivity index (χ0) is 8.27. The minimum absolute atomic E-state index is 0.119. The van der Waals surface area contributed by atoms with Crippen molar-refractivity contribution < 1.29 is 19.4 Å². The standard InChI is InChI=1S/C6H9NO4/c1-10-3-5-7-4(2-11-5)6(8)9/h4H,2-3H2,1H3,(H,8,9). The third kappa shape index (κ3) is 1.91. The topological polar surface area (TPSA) is 68.1 Å². The Kier molecular flexibility index (Phi) is 2.43. The Hall–Kier alpha value is -1.10. The summed E-state index contributed by atoms with van der Waals surface area (Å²) in [6.45, 7) is 0.359. The molecule has 1 atom stereocenters. The molecule has 5 nitrogen and oxygen atoms in total. The van der Waals surface area contributed by atoms with Crippen LogP contribution >= 0.6 is 0 Å². The van der Waals surface area contributed by atoms with E-state index in [0.717, 1.165) is 0 Å². The molecular formula is C6H9NO4. The van der Waals surface area contributed by atoms with Gasteiger partial charge in [0.15, 0.2) is 6.04 Å². The van der Waals surface area contributed by atoms with Crippen molar-refractivity contribution in [3.05, 3.63) is 0 Å². The number of nitrogens with zero attached hydrogens (tertiary/aromatic N) is 1. The van der Waals surface area contributed by atoms with Crippen molar-refractivity contribution in [1.82, 2.24) is 0 Å². The predicted molar refractivity (Wildman–Crippen MR) is 36.7 cm³/mol. The number of aliphatic carboxylic acids is 1. The Morgan fingerprint density at radius 1 is 2.00 bits per heavy atom. The molecule has 0 aromatic heterocycles. The van der Waals surface area contributed by atoms with Crippen LogP contribution in [0.4, 0.5) is 0 Å². The van der Waals surface area contributed by atoms with Crippen LogP contribution in [0.2, 0.25) is 0 Å². The van der Waals surface area contributed by atoms with Crippen molar-refractivity contribution in [2.24, 2.45) is 4.99 Å². The van der Waals surface area contributed by atoms with Crippen LogP contribution in [-0.2, 0) is 14.3 Å². The van der Waals surface area contributed by atoms with Crippen LogP contribution in [0.15, 0.2) is 4.99 Å². The molecule has 0 spiro atoms. The maximum Gasteiger partial charge on any atom is 0.332 e. The second-order valence-electron chi connectivity index (χ2n) is 2.12. The highest BCUT2D eigenvalue weighted by Crippen LogP contribution is 2.04. The Morgan fingerprint density at radius 2 is 2.73 bits per heavy atom. The maximum absolute atomic E-state index is 10.3. The van der Waals surface area contributed by atoms with Crippen molar-refractivity contribution in [3.63, 3.8) is 0 Å². The fourth-order valence-electron chi connectivity index (χ4n) is 0.752. The molecule has 11 heavy (non-hydrogen) atoms. The summed E-state index contributed by atoms with van der Waals surface area (Å²) < 4.78 is 9.62. The molecule has 0 amide bonds. The lowest BCUT2D eigenvalue weighted by Crippen LogP contribution is -2.18. The molecule has 5 heteroatoms. The highest BCUT2D eigenvalue weighted by atomic mass is 16.5. The van der Waals surface area contributed by atoms with Crippen molar-refractivity contribution in [2.45, 2.75) is 6.04 Å². The van der Waals surface area contributed by atoms with Gasteiger partial charge in [-0.1, -0.05) is 0 Å². The molecular weight excluding hydrogens is 150 g/mol. The van der Waals surface area contributed by atoms with Crippen molar-refractivity contribution in [1.29, 1.82) is 0 Å². The number of rotatable bonds is 3. The van der Waals surface area contributed by atoms with E-state index in [0.29, 0.717) is 5.90 Å². The Labute approximate surface area is 63.6 Å². The minimum Gasteiger partial charge on any atom is -0.480 e. The molecule has 62 valence electrons. The smallest absolute Gasteiger partial charge is 0.332 e. The zero-order valence-corrected chi connectivity index (χ0v) is 6.11. The molecule has 1 aliphatic rings. The lowest BCUT2D eigenvalue weighted by atomic mass is 10.3. The van der Waals surface area contributed by atoms with E-state index in [1.807, 2.05) is 0 Å². The van der Waals surface area contributed by atoms with Gasteiger partial charge in [0, 0.05) is 7.11 Å². The molecule has 0 aromatic rings. The average Bonchev–Trinajstić information content (AvgIpc) is 2.37. The van der Waals surface area contributed by atoms with Crippen LogP contribution < -0.4 is 0 Å². The van der Waals surface area contributed by atoms with E-state index in [2.05, 4.69) is 4.99 Å². The van der Waals surface area contributed by atoms with Gasteiger partial charge in [0.1, 0.15) is 13.2 Å². The number of carboxylic acid groups (broad SMARTS) is 1. The molecule has 1 aliphatic heterocycles. The molecule has 0 fully saturated rings. The first-order valence-corrected chi connectivity index (χ1v) is 3.15. The third-order valence-electron chi connectivity index (χ3n) is 1.26. The summed E-state index contributed by atoms with van der Waals surface area (Å²) in [7, 11) is 1.50. The first kappa shape index (κ1) is 8.00. The molecule has 1 rings (SSSR count). The van der Waals surface area contributed by atoms with Crippen LogP contribution in [0.25, 0.3) is 0 Å². The van der Waals surface area contributed by atoms with E-state index in [1.54, 1.807) is 0 Å². The second-order valence-corrected chi connectivity index (χ2v) is 2.12. The van der Waals surface area contributed by atoms with Gasteiger partial charge in [-0.15, -0.1) is 0 Å². The van der Waals surface area contributed by atoms with E-state index in [4.69, 9.17) is 14.6 Å². The molecule has 0 saturated carbocycles. The summed E-state index contributed by atoms with van der Waals surface area (Å²) in [4.78, 5) is 14.1. The summed E-state index contributed by atoms with van der Waals surface area (Å²) >= 11 is 0. The number of carboxylic acids is 1. The molecule has 1 unspecified atom stereocenters. The van der Waals surface area contributed by atoms with Gasteiger partial charge in [-0.05, 0) is 0 Å². The molecule has 0 aromatic carbocycles. The number of hydrogen-bond donors (Lipinski definition) is 1. The number of ether oxygens (including phenoxy) is 2. The summed E-state index contributed by atoms with van der Waals surface area (Å²) in [6.07, 6.45) is 0. The normalized spacial score (nSPS) is 22.6. The van der Waals surface area contributed by atoms with Gasteiger partial charge in [0.25, 0.3) is 0 Å². The van der Waals surface area contributed by atoms with Gasteiger partial charge in [-0.3, -0.25) is 0 Å². The lowest BCUT2D eigenvalue weighted by molar-refractivity contribution is -0.138. The maximum atomic E-state index is 10.3. The fraction of sp³-hybridized carbons (Fsp3) is 0.667. The zero-order valence-electron chi connectivity index (χ0n) is 6.11. The summed E-state index contributed by atoms with van der Waals surface area (Å²) in [5.41, 5.74) is 0. The van der Waals surface area contributed by atoms with Crippen molar-refractivity contribution >= 4 is 11.9 Å². The SMILES string of the molecule is COCC1=NC(C(=O)O)CO1. The molecule has 0 aliphatic carbocycles. The lowest BCUT2D eigenvalue weighted by Gasteiger charge is -1.96. The first-order valence-electron chi connectivity index (χ1n) is 3.15. The van der Waals surface area contributed by atoms with Gasteiger partial charge < -0.3 is 14.6 Å². The highest BCUT2D eigenvalue weighted by molar-refractivity contribution is 5.85. The predicted octanol–water partition coefficient (Wildman–Crippen LogP) is -0.485. The number of hydrogen-bond acceptors (Lipinski definition) is 4. The van der Waals surface area contributed by atoms with E-state index >= 15 is 0 Å². The van der Waals surface area contributed by atoms with E-state index in [9.17, 15) is 4.79 Å². The minimum atomic E-state index is -0.962. The average molecular weight is 159 g/mol. The van der Waals surface area contributed by atoms with E-state index < -0.39 is 12.0 Å². The monoisotopic (exact) mass is 159 g/mol. The third-order valence-corrected chi connectivity index (χ3v) is 1.26. The first-order chi connectivity index (χ1) is 5.24. The van der Waals surface area contributed by atoms with Gasteiger partial charge in [0.2, 0.25) is 5.90 Å². The van der Waals surface area contributed by atoms with Crippen LogP contribution in [0.5, 0.6) is 0 Å². The second kappa shape index (κ2) is 3.34. The van der Waals surface area contributed by atoms with Crippen LogP contribution in [0.3, 0.4) is 0 Å².